The lowest BCUT2D eigenvalue weighted by atomic mass is 10.2. The van der Waals surface area contributed by atoms with Gasteiger partial charge in [0.25, 0.3) is 5.56 Å². The summed E-state index contributed by atoms with van der Waals surface area (Å²) in [5.74, 6) is -7.24. The largest absolute Gasteiger partial charge is 0.401 e. The molecule has 4 aromatic rings. The first-order valence-corrected chi connectivity index (χ1v) is 8.77. The van der Waals surface area contributed by atoms with Crippen LogP contribution in [0, 0.1) is 29.1 Å². The van der Waals surface area contributed by atoms with Gasteiger partial charge in [-0.15, -0.1) is 0 Å². The maximum absolute atomic E-state index is 14.4. The zero-order valence-corrected chi connectivity index (χ0v) is 15.4. The van der Waals surface area contributed by atoms with Crippen LogP contribution in [0.1, 0.15) is 5.56 Å². The quantitative estimate of drug-likeness (QED) is 0.365. The molecule has 0 saturated carbocycles. The minimum Gasteiger partial charge on any atom is -0.401 e. The normalized spacial score (nSPS) is 11.1. The molecule has 10 heteroatoms. The number of nitrogens with zero attached hydrogens (tertiary/aromatic N) is 2. The van der Waals surface area contributed by atoms with Gasteiger partial charge >= 0.3 is 5.69 Å². The van der Waals surface area contributed by atoms with Crippen molar-refractivity contribution < 1.29 is 26.8 Å². The van der Waals surface area contributed by atoms with Crippen LogP contribution < -0.4 is 16.1 Å². The summed E-state index contributed by atoms with van der Waals surface area (Å²) < 4.78 is 69.9. The predicted molar refractivity (Wildman–Crippen MR) is 100 cm³/mol. The zero-order chi connectivity index (χ0) is 22.3. The Bertz CT molecular complexity index is 1430. The van der Waals surface area contributed by atoms with E-state index in [-0.39, 0.29) is 17.4 Å². The molecule has 0 unspecified atom stereocenters. The number of benzene rings is 3. The van der Waals surface area contributed by atoms with Gasteiger partial charge in [-0.2, -0.15) is 0 Å². The van der Waals surface area contributed by atoms with Crippen LogP contribution in [0.2, 0.25) is 0 Å². The average Bonchev–Trinajstić information content (AvgIpc) is 2.74. The summed E-state index contributed by atoms with van der Waals surface area (Å²) in [5, 5.41) is -0.546. The second-order valence-corrected chi connectivity index (χ2v) is 6.48. The van der Waals surface area contributed by atoms with E-state index in [0.29, 0.717) is 28.3 Å². The van der Waals surface area contributed by atoms with E-state index < -0.39 is 56.9 Å². The molecule has 0 aliphatic carbocycles. The molecule has 0 N–H and O–H groups in total. The molecule has 158 valence electrons. The number of hydrogen-bond donors (Lipinski definition) is 0. The monoisotopic (exact) mass is 434 g/mol. The molecule has 0 aliphatic rings. The maximum Gasteiger partial charge on any atom is 0.369 e. The van der Waals surface area contributed by atoms with Gasteiger partial charge < -0.3 is 4.84 Å². The molecule has 0 fully saturated rings. The van der Waals surface area contributed by atoms with Crippen molar-refractivity contribution in [3.8, 4) is 5.69 Å². The van der Waals surface area contributed by atoms with E-state index >= 15 is 0 Å². The van der Waals surface area contributed by atoms with Crippen LogP contribution in [-0.2, 0) is 6.61 Å². The van der Waals surface area contributed by atoms with Gasteiger partial charge in [-0.1, -0.05) is 35.1 Å². The van der Waals surface area contributed by atoms with Crippen molar-refractivity contribution in [2.75, 3.05) is 0 Å². The molecule has 0 radical (unpaired) electrons. The molecular weight excluding hydrogens is 423 g/mol. The Morgan fingerprint density at radius 3 is 2.06 bits per heavy atom. The molecule has 31 heavy (non-hydrogen) atoms. The van der Waals surface area contributed by atoms with Gasteiger partial charge in [0.1, 0.15) is 12.4 Å². The number of hydrogen-bond acceptors (Lipinski definition) is 3. The molecule has 0 aliphatic heterocycles. The van der Waals surface area contributed by atoms with Crippen molar-refractivity contribution in [1.29, 1.82) is 0 Å². The molecule has 1 heterocycles. The first-order chi connectivity index (χ1) is 14.8. The van der Waals surface area contributed by atoms with Gasteiger partial charge in [0.15, 0.2) is 23.3 Å². The summed E-state index contributed by atoms with van der Waals surface area (Å²) in [6.07, 6.45) is 0. The van der Waals surface area contributed by atoms with Crippen LogP contribution in [0.25, 0.3) is 16.6 Å². The highest BCUT2D eigenvalue weighted by molar-refractivity contribution is 5.80. The maximum atomic E-state index is 14.4. The van der Waals surface area contributed by atoms with Crippen LogP contribution in [-0.4, -0.2) is 9.30 Å². The Balaban J connectivity index is 2.02. The topological polar surface area (TPSA) is 53.2 Å². The van der Waals surface area contributed by atoms with Crippen molar-refractivity contribution in [2.45, 2.75) is 6.61 Å². The van der Waals surface area contributed by atoms with E-state index in [0.717, 1.165) is 0 Å². The fourth-order valence-electron chi connectivity index (χ4n) is 3.03. The average molecular weight is 434 g/mol. The van der Waals surface area contributed by atoms with E-state index in [9.17, 15) is 31.5 Å². The molecular formula is C21H11F5N2O3. The minimum atomic E-state index is -1.52. The fraction of sp³-hybridized carbons (Fsp3) is 0.0476. The van der Waals surface area contributed by atoms with Gasteiger partial charge in [-0.05, 0) is 11.6 Å². The Morgan fingerprint density at radius 1 is 0.742 bits per heavy atom. The van der Waals surface area contributed by atoms with Crippen LogP contribution in [0.4, 0.5) is 22.0 Å². The smallest absolute Gasteiger partial charge is 0.369 e. The standard InChI is InChI=1S/C21H11F5N2O3/c22-13-6-12-18(8-15(13)24)27(19-9-16(25)14(23)7-17(19)26)21(30)28(20(12)29)31-10-11-4-2-1-3-5-11/h1-9H,10H2. The zero-order valence-electron chi connectivity index (χ0n) is 15.4. The lowest BCUT2D eigenvalue weighted by Gasteiger charge is -2.15. The summed E-state index contributed by atoms with van der Waals surface area (Å²) in [4.78, 5) is 31.0. The summed E-state index contributed by atoms with van der Waals surface area (Å²) in [6.45, 7) is -0.272. The SMILES string of the molecule is O=c1c2cc(F)c(F)cc2n(-c2cc(F)c(F)cc2F)c(=O)n1OCc1ccccc1. The Labute approximate surface area is 170 Å². The van der Waals surface area contributed by atoms with Crippen molar-refractivity contribution in [2.24, 2.45) is 0 Å². The van der Waals surface area contributed by atoms with Gasteiger partial charge in [0.05, 0.1) is 16.6 Å². The highest BCUT2D eigenvalue weighted by Gasteiger charge is 2.21. The van der Waals surface area contributed by atoms with Crippen molar-refractivity contribution in [3.63, 3.8) is 0 Å². The second-order valence-electron chi connectivity index (χ2n) is 6.48. The van der Waals surface area contributed by atoms with E-state index in [1.807, 2.05) is 0 Å². The highest BCUT2D eigenvalue weighted by atomic mass is 19.2. The number of halogens is 5. The summed E-state index contributed by atoms with van der Waals surface area (Å²) in [7, 11) is 0. The minimum absolute atomic E-state index is 0.184. The lowest BCUT2D eigenvalue weighted by molar-refractivity contribution is 0.0788. The molecule has 1 aromatic heterocycles. The molecule has 5 nitrogen and oxygen atoms in total. The van der Waals surface area contributed by atoms with Gasteiger partial charge in [0.2, 0.25) is 0 Å². The van der Waals surface area contributed by atoms with E-state index in [4.69, 9.17) is 4.84 Å². The number of rotatable bonds is 4. The molecule has 0 spiro atoms. The van der Waals surface area contributed by atoms with E-state index in [1.54, 1.807) is 30.3 Å². The third kappa shape index (κ3) is 3.56. The van der Waals surface area contributed by atoms with E-state index in [1.165, 1.54) is 0 Å². The third-order valence-corrected chi connectivity index (χ3v) is 4.49. The second kappa shape index (κ2) is 7.71. The van der Waals surface area contributed by atoms with Crippen molar-refractivity contribution in [3.05, 3.63) is 110 Å². The number of aromatic nitrogens is 2. The van der Waals surface area contributed by atoms with Crippen molar-refractivity contribution >= 4 is 10.9 Å². The number of fused-ring (bicyclic) bond motifs is 1. The van der Waals surface area contributed by atoms with E-state index in [2.05, 4.69) is 0 Å². The van der Waals surface area contributed by atoms with Crippen LogP contribution in [0.3, 0.4) is 0 Å². The fourth-order valence-corrected chi connectivity index (χ4v) is 3.03. The Morgan fingerprint density at radius 2 is 1.35 bits per heavy atom. The highest BCUT2D eigenvalue weighted by Crippen LogP contribution is 2.22. The third-order valence-electron chi connectivity index (χ3n) is 4.49. The lowest BCUT2D eigenvalue weighted by Crippen LogP contribution is -2.43. The predicted octanol–water partition coefficient (Wildman–Crippen LogP) is 3.48. The molecule has 0 bridgehead atoms. The molecule has 0 saturated heterocycles. The summed E-state index contributed by atoms with van der Waals surface area (Å²) in [5.41, 5.74) is -3.29. The first-order valence-electron chi connectivity index (χ1n) is 8.77. The molecule has 3 aromatic carbocycles. The molecule has 0 atom stereocenters. The van der Waals surface area contributed by atoms with Gasteiger partial charge in [-0.3, -0.25) is 9.36 Å². The van der Waals surface area contributed by atoms with Gasteiger partial charge in [-0.25, -0.2) is 26.7 Å². The molecule has 0 amide bonds. The van der Waals surface area contributed by atoms with Crippen LogP contribution >= 0.6 is 0 Å². The Hall–Kier alpha value is -3.95. The Kier molecular flexibility index (Phi) is 5.05. The van der Waals surface area contributed by atoms with Gasteiger partial charge in [0, 0.05) is 18.2 Å². The molecule has 4 rings (SSSR count). The van der Waals surface area contributed by atoms with Crippen molar-refractivity contribution in [1.82, 2.24) is 9.30 Å². The van der Waals surface area contributed by atoms with Crippen LogP contribution in [0.15, 0.2) is 64.2 Å². The first kappa shape index (κ1) is 20.3. The summed E-state index contributed by atoms with van der Waals surface area (Å²) >= 11 is 0. The summed E-state index contributed by atoms with van der Waals surface area (Å²) in [6, 6.07) is 9.87. The van der Waals surface area contributed by atoms with Crippen LogP contribution in [0.5, 0.6) is 0 Å².